The van der Waals surface area contributed by atoms with Crippen molar-refractivity contribution in [1.29, 1.82) is 0 Å². The topological polar surface area (TPSA) is 73.3 Å². The van der Waals surface area contributed by atoms with Gasteiger partial charge in [0.15, 0.2) is 0 Å². The van der Waals surface area contributed by atoms with Crippen LogP contribution >= 0.6 is 15.9 Å². The van der Waals surface area contributed by atoms with E-state index in [2.05, 4.69) is 31.2 Å². The van der Waals surface area contributed by atoms with Crippen LogP contribution in [0.3, 0.4) is 0 Å². The third-order valence-corrected chi connectivity index (χ3v) is 3.61. The summed E-state index contributed by atoms with van der Waals surface area (Å²) in [6, 6.07) is 6.85. The molecule has 0 saturated heterocycles. The highest BCUT2D eigenvalue weighted by atomic mass is 79.9. The number of ether oxygens (including phenoxy) is 2. The Labute approximate surface area is 130 Å². The molecule has 0 aliphatic rings. The fourth-order valence-electron chi connectivity index (χ4n) is 1.58. The van der Waals surface area contributed by atoms with Gasteiger partial charge in [0.25, 0.3) is 5.91 Å². The van der Waals surface area contributed by atoms with Crippen molar-refractivity contribution in [1.82, 2.24) is 9.97 Å². The average molecular weight is 352 g/mol. The molecule has 0 radical (unpaired) electrons. The highest BCUT2D eigenvalue weighted by Gasteiger charge is 2.11. The summed E-state index contributed by atoms with van der Waals surface area (Å²) in [5.41, 5.74) is 1.55. The summed E-state index contributed by atoms with van der Waals surface area (Å²) < 4.78 is 10.9. The van der Waals surface area contributed by atoms with Crippen molar-refractivity contribution in [3.05, 3.63) is 39.9 Å². The van der Waals surface area contributed by atoms with Gasteiger partial charge in [-0.2, -0.15) is 9.97 Å². The number of nitrogens with one attached hydrogen (secondary N) is 1. The van der Waals surface area contributed by atoms with E-state index in [1.807, 2.05) is 13.0 Å². The normalized spacial score (nSPS) is 10.1. The zero-order valence-corrected chi connectivity index (χ0v) is 13.4. The first kappa shape index (κ1) is 15.2. The van der Waals surface area contributed by atoms with Crippen LogP contribution in [0.1, 0.15) is 15.9 Å². The standard InChI is InChI=1S/C14H14BrN3O3/c1-8-4-5-9(6-10(8)15)13(19)18-14-16-11(20-2)7-12(17-14)21-3/h4-7H,1-3H3,(H,16,17,18,19). The fraction of sp³-hybridized carbons (Fsp3) is 0.214. The molecular weight excluding hydrogens is 338 g/mol. The molecule has 0 fully saturated rings. The molecule has 0 aliphatic carbocycles. The minimum atomic E-state index is -0.314. The number of carbonyl (C=O) groups excluding carboxylic acids is 1. The number of hydrogen-bond donors (Lipinski definition) is 1. The van der Waals surface area contributed by atoms with Gasteiger partial charge >= 0.3 is 0 Å². The van der Waals surface area contributed by atoms with Crippen LogP contribution in [0.2, 0.25) is 0 Å². The summed E-state index contributed by atoms with van der Waals surface area (Å²) in [6.45, 7) is 1.95. The first-order valence-corrected chi connectivity index (χ1v) is 6.87. The number of amides is 1. The minimum absolute atomic E-state index is 0.118. The number of methoxy groups -OCH3 is 2. The molecule has 21 heavy (non-hydrogen) atoms. The predicted octanol–water partition coefficient (Wildman–Crippen LogP) is 2.82. The molecule has 2 rings (SSSR count). The summed E-state index contributed by atoms with van der Waals surface area (Å²) in [5, 5.41) is 2.61. The Kier molecular flexibility index (Phi) is 4.74. The molecule has 6 nitrogen and oxygen atoms in total. The summed E-state index contributed by atoms with van der Waals surface area (Å²) in [4.78, 5) is 20.3. The Balaban J connectivity index is 2.24. The van der Waals surface area contributed by atoms with Gasteiger partial charge in [-0.05, 0) is 24.6 Å². The van der Waals surface area contributed by atoms with Gasteiger partial charge in [0.1, 0.15) is 0 Å². The average Bonchev–Trinajstić information content (AvgIpc) is 2.49. The predicted molar refractivity (Wildman–Crippen MR) is 82.0 cm³/mol. The second-order valence-corrected chi connectivity index (χ2v) is 5.05. The molecule has 0 saturated carbocycles. The molecule has 1 amide bonds. The van der Waals surface area contributed by atoms with Crippen LogP contribution in [-0.4, -0.2) is 30.1 Å². The lowest BCUT2D eigenvalue weighted by atomic mass is 10.1. The minimum Gasteiger partial charge on any atom is -0.481 e. The third kappa shape index (κ3) is 3.69. The van der Waals surface area contributed by atoms with Gasteiger partial charge < -0.3 is 9.47 Å². The van der Waals surface area contributed by atoms with Gasteiger partial charge in [-0.3, -0.25) is 10.1 Å². The Morgan fingerprint density at radius 3 is 2.29 bits per heavy atom. The highest BCUT2D eigenvalue weighted by Crippen LogP contribution is 2.20. The highest BCUT2D eigenvalue weighted by molar-refractivity contribution is 9.10. The number of halogens is 1. The van der Waals surface area contributed by atoms with E-state index < -0.39 is 0 Å². The van der Waals surface area contributed by atoms with Gasteiger partial charge in [-0.15, -0.1) is 0 Å². The molecule has 0 atom stereocenters. The number of aromatic nitrogens is 2. The molecule has 110 valence electrons. The number of benzene rings is 1. The van der Waals surface area contributed by atoms with E-state index in [0.717, 1.165) is 10.0 Å². The molecule has 0 spiro atoms. The molecule has 7 heteroatoms. The number of anilines is 1. The Morgan fingerprint density at radius 1 is 1.14 bits per heavy atom. The van der Waals surface area contributed by atoms with Crippen molar-refractivity contribution in [2.45, 2.75) is 6.92 Å². The van der Waals surface area contributed by atoms with Gasteiger partial charge in [0.2, 0.25) is 17.7 Å². The first-order chi connectivity index (χ1) is 10.0. The van der Waals surface area contributed by atoms with E-state index in [-0.39, 0.29) is 11.9 Å². The maximum absolute atomic E-state index is 12.2. The molecule has 0 bridgehead atoms. The molecule has 1 heterocycles. The van der Waals surface area contributed by atoms with Crippen LogP contribution in [-0.2, 0) is 0 Å². The van der Waals surface area contributed by atoms with E-state index in [0.29, 0.717) is 17.3 Å². The van der Waals surface area contributed by atoms with Crippen molar-refractivity contribution in [3.8, 4) is 11.8 Å². The maximum Gasteiger partial charge on any atom is 0.258 e. The van der Waals surface area contributed by atoms with Crippen LogP contribution in [0.4, 0.5) is 5.95 Å². The lowest BCUT2D eigenvalue weighted by Gasteiger charge is -2.08. The maximum atomic E-state index is 12.2. The van der Waals surface area contributed by atoms with Gasteiger partial charge in [-0.25, -0.2) is 0 Å². The molecule has 0 unspecified atom stereocenters. The van der Waals surface area contributed by atoms with Crippen LogP contribution in [0.25, 0.3) is 0 Å². The number of carbonyl (C=O) groups is 1. The largest absolute Gasteiger partial charge is 0.481 e. The molecular formula is C14H14BrN3O3. The van der Waals surface area contributed by atoms with Gasteiger partial charge in [0.05, 0.1) is 20.3 Å². The summed E-state index contributed by atoms with van der Waals surface area (Å²) in [7, 11) is 2.95. The van der Waals surface area contributed by atoms with Crippen LogP contribution in [0, 0.1) is 6.92 Å². The number of aryl methyl sites for hydroxylation is 1. The van der Waals surface area contributed by atoms with E-state index in [1.54, 1.807) is 12.1 Å². The quantitative estimate of drug-likeness (QED) is 0.916. The van der Waals surface area contributed by atoms with Crippen molar-refractivity contribution < 1.29 is 14.3 Å². The number of nitrogens with zero attached hydrogens (tertiary/aromatic N) is 2. The lowest BCUT2D eigenvalue weighted by molar-refractivity contribution is 0.102. The van der Waals surface area contributed by atoms with Crippen molar-refractivity contribution in [2.75, 3.05) is 19.5 Å². The van der Waals surface area contributed by atoms with E-state index >= 15 is 0 Å². The Hall–Kier alpha value is -2.15. The van der Waals surface area contributed by atoms with Crippen molar-refractivity contribution >= 4 is 27.8 Å². The molecule has 0 aliphatic heterocycles. The van der Waals surface area contributed by atoms with Crippen molar-refractivity contribution in [3.63, 3.8) is 0 Å². The second-order valence-electron chi connectivity index (χ2n) is 4.19. The smallest absolute Gasteiger partial charge is 0.258 e. The Morgan fingerprint density at radius 2 is 1.76 bits per heavy atom. The second kappa shape index (κ2) is 6.53. The van der Waals surface area contributed by atoms with Gasteiger partial charge in [-0.1, -0.05) is 22.0 Å². The molecule has 1 N–H and O–H groups in total. The van der Waals surface area contributed by atoms with Gasteiger partial charge in [0, 0.05) is 10.0 Å². The van der Waals surface area contributed by atoms with E-state index in [9.17, 15) is 4.79 Å². The van der Waals surface area contributed by atoms with Crippen LogP contribution < -0.4 is 14.8 Å². The molecule has 1 aromatic heterocycles. The SMILES string of the molecule is COc1cc(OC)nc(NC(=O)c2ccc(C)c(Br)c2)n1. The first-order valence-electron chi connectivity index (χ1n) is 6.08. The van der Waals surface area contributed by atoms with Crippen LogP contribution in [0.5, 0.6) is 11.8 Å². The summed E-state index contributed by atoms with van der Waals surface area (Å²) in [5.74, 6) is 0.420. The zero-order valence-electron chi connectivity index (χ0n) is 11.8. The summed E-state index contributed by atoms with van der Waals surface area (Å²) in [6.07, 6.45) is 0. The third-order valence-electron chi connectivity index (χ3n) is 2.76. The molecule has 1 aromatic carbocycles. The van der Waals surface area contributed by atoms with Crippen molar-refractivity contribution in [2.24, 2.45) is 0 Å². The lowest BCUT2D eigenvalue weighted by Crippen LogP contribution is -2.14. The zero-order chi connectivity index (χ0) is 15.4. The summed E-state index contributed by atoms with van der Waals surface area (Å²) >= 11 is 3.39. The molecule has 2 aromatic rings. The van der Waals surface area contributed by atoms with Crippen LogP contribution in [0.15, 0.2) is 28.7 Å². The fourth-order valence-corrected chi connectivity index (χ4v) is 1.96. The monoisotopic (exact) mass is 351 g/mol. The van der Waals surface area contributed by atoms with E-state index in [1.165, 1.54) is 20.3 Å². The Bertz CT molecular complexity index is 654. The number of rotatable bonds is 4. The van der Waals surface area contributed by atoms with E-state index in [4.69, 9.17) is 9.47 Å². The number of hydrogen-bond acceptors (Lipinski definition) is 5.